The van der Waals surface area contributed by atoms with Crippen LogP contribution >= 0.6 is 0 Å². The lowest BCUT2D eigenvalue weighted by atomic mass is 10.0. The second kappa shape index (κ2) is 10.1. The zero-order chi connectivity index (χ0) is 21.4. The number of benzene rings is 2. The molecule has 0 N–H and O–H groups in total. The summed E-state index contributed by atoms with van der Waals surface area (Å²) in [5.41, 5.74) is 2.48. The third-order valence-electron chi connectivity index (χ3n) is 4.46. The van der Waals surface area contributed by atoms with Crippen LogP contribution in [0.15, 0.2) is 60.9 Å². The summed E-state index contributed by atoms with van der Waals surface area (Å²) in [5.74, 6) is 0.978. The fourth-order valence-corrected chi connectivity index (χ4v) is 2.92. The van der Waals surface area contributed by atoms with E-state index in [-0.39, 0.29) is 5.75 Å². The lowest BCUT2D eigenvalue weighted by Gasteiger charge is -2.09. The van der Waals surface area contributed by atoms with Crippen molar-refractivity contribution in [3.8, 4) is 34.0 Å². The number of alkyl halides is 3. The van der Waals surface area contributed by atoms with Crippen molar-refractivity contribution >= 4 is 0 Å². The van der Waals surface area contributed by atoms with Gasteiger partial charge >= 0.3 is 6.36 Å². The average Bonchev–Trinajstić information content (AvgIpc) is 2.74. The standard InChI is InChI=1S/C23H23F3N2O2/c1-2-3-4-5-14-29-21-15-27-22(28-16-21)19-8-6-17(7-9-19)18-10-12-20(13-11-18)30-23(24,25)26/h6-13,15-16H,2-5,14H2,1H3. The van der Waals surface area contributed by atoms with Crippen LogP contribution in [-0.2, 0) is 0 Å². The molecule has 30 heavy (non-hydrogen) atoms. The third-order valence-corrected chi connectivity index (χ3v) is 4.46. The van der Waals surface area contributed by atoms with E-state index >= 15 is 0 Å². The molecular formula is C23H23F3N2O2. The predicted molar refractivity (Wildman–Crippen MR) is 109 cm³/mol. The molecule has 0 atom stereocenters. The fraction of sp³-hybridized carbons (Fsp3) is 0.304. The number of unbranched alkanes of at least 4 members (excludes halogenated alkanes) is 3. The van der Waals surface area contributed by atoms with E-state index < -0.39 is 6.36 Å². The molecule has 3 aromatic rings. The molecule has 0 fully saturated rings. The summed E-state index contributed by atoms with van der Waals surface area (Å²) in [6.07, 6.45) is 3.19. The van der Waals surface area contributed by atoms with Gasteiger partial charge in [0.15, 0.2) is 11.6 Å². The molecule has 158 valence electrons. The number of hydrogen-bond acceptors (Lipinski definition) is 4. The molecule has 3 rings (SSSR count). The summed E-state index contributed by atoms with van der Waals surface area (Å²) < 4.78 is 46.3. The van der Waals surface area contributed by atoms with Gasteiger partial charge in [0.1, 0.15) is 5.75 Å². The van der Waals surface area contributed by atoms with Gasteiger partial charge in [0.05, 0.1) is 19.0 Å². The summed E-state index contributed by atoms with van der Waals surface area (Å²) in [7, 11) is 0. The van der Waals surface area contributed by atoms with Crippen molar-refractivity contribution in [1.29, 1.82) is 0 Å². The van der Waals surface area contributed by atoms with Crippen LogP contribution in [0.1, 0.15) is 32.6 Å². The van der Waals surface area contributed by atoms with Crippen molar-refractivity contribution in [2.24, 2.45) is 0 Å². The molecule has 0 spiro atoms. The highest BCUT2D eigenvalue weighted by atomic mass is 19.4. The van der Waals surface area contributed by atoms with Crippen LogP contribution < -0.4 is 9.47 Å². The Morgan fingerprint density at radius 2 is 1.30 bits per heavy atom. The minimum atomic E-state index is -4.70. The summed E-state index contributed by atoms with van der Waals surface area (Å²) in [4.78, 5) is 8.71. The molecular weight excluding hydrogens is 393 g/mol. The summed E-state index contributed by atoms with van der Waals surface area (Å²) in [6.45, 7) is 2.83. The SMILES string of the molecule is CCCCCCOc1cnc(-c2ccc(-c3ccc(OC(F)(F)F)cc3)cc2)nc1. The second-order valence-electron chi connectivity index (χ2n) is 6.80. The Bertz CT molecular complexity index is 909. The molecule has 7 heteroatoms. The Hall–Kier alpha value is -3.09. The molecule has 0 saturated heterocycles. The number of rotatable bonds is 9. The molecule has 1 heterocycles. The van der Waals surface area contributed by atoms with Crippen molar-refractivity contribution in [2.45, 2.75) is 39.0 Å². The molecule has 0 saturated carbocycles. The third kappa shape index (κ3) is 6.47. The lowest BCUT2D eigenvalue weighted by molar-refractivity contribution is -0.274. The van der Waals surface area contributed by atoms with Crippen LogP contribution in [-0.4, -0.2) is 22.9 Å². The molecule has 0 aliphatic rings. The van der Waals surface area contributed by atoms with Crippen molar-refractivity contribution in [2.75, 3.05) is 6.61 Å². The Morgan fingerprint density at radius 3 is 1.87 bits per heavy atom. The van der Waals surface area contributed by atoms with Crippen molar-refractivity contribution in [3.05, 3.63) is 60.9 Å². The van der Waals surface area contributed by atoms with E-state index in [0.717, 1.165) is 29.5 Å². The Labute approximate surface area is 173 Å². The molecule has 0 bridgehead atoms. The van der Waals surface area contributed by atoms with Gasteiger partial charge in [-0.2, -0.15) is 0 Å². The van der Waals surface area contributed by atoms with Gasteiger partial charge in [-0.1, -0.05) is 62.6 Å². The first-order chi connectivity index (χ1) is 14.4. The quantitative estimate of drug-likeness (QED) is 0.366. The van der Waals surface area contributed by atoms with E-state index in [0.29, 0.717) is 18.2 Å². The predicted octanol–water partition coefficient (Wildman–Crippen LogP) is 6.67. The number of nitrogens with zero attached hydrogens (tertiary/aromatic N) is 2. The average molecular weight is 416 g/mol. The Morgan fingerprint density at radius 1 is 0.733 bits per heavy atom. The van der Waals surface area contributed by atoms with Crippen LogP contribution in [0.4, 0.5) is 13.2 Å². The minimum Gasteiger partial charge on any atom is -0.490 e. The van der Waals surface area contributed by atoms with Crippen molar-refractivity contribution in [1.82, 2.24) is 9.97 Å². The number of ether oxygens (including phenoxy) is 2. The van der Waals surface area contributed by atoms with Crippen LogP contribution in [0.2, 0.25) is 0 Å². The van der Waals surface area contributed by atoms with E-state index in [9.17, 15) is 13.2 Å². The summed E-state index contributed by atoms with van der Waals surface area (Å²) in [6, 6.07) is 13.2. The van der Waals surface area contributed by atoms with Gasteiger partial charge < -0.3 is 9.47 Å². The van der Waals surface area contributed by atoms with Crippen LogP contribution in [0.3, 0.4) is 0 Å². The summed E-state index contributed by atoms with van der Waals surface area (Å²) >= 11 is 0. The highest BCUT2D eigenvalue weighted by Crippen LogP contribution is 2.28. The van der Waals surface area contributed by atoms with Gasteiger partial charge in [-0.15, -0.1) is 13.2 Å². The van der Waals surface area contributed by atoms with E-state index in [1.807, 2.05) is 24.3 Å². The Kier molecular flexibility index (Phi) is 7.27. The van der Waals surface area contributed by atoms with Gasteiger partial charge in [0.2, 0.25) is 0 Å². The highest BCUT2D eigenvalue weighted by molar-refractivity contribution is 5.68. The maximum atomic E-state index is 12.3. The normalized spacial score (nSPS) is 11.3. The molecule has 0 aliphatic heterocycles. The fourth-order valence-electron chi connectivity index (χ4n) is 2.92. The van der Waals surface area contributed by atoms with Gasteiger partial charge in [-0.25, -0.2) is 9.97 Å². The molecule has 0 radical (unpaired) electrons. The van der Waals surface area contributed by atoms with E-state index in [1.54, 1.807) is 24.5 Å². The van der Waals surface area contributed by atoms with E-state index in [4.69, 9.17) is 4.74 Å². The topological polar surface area (TPSA) is 44.2 Å². The number of halogens is 3. The van der Waals surface area contributed by atoms with Gasteiger partial charge in [-0.3, -0.25) is 0 Å². The van der Waals surface area contributed by atoms with Crippen molar-refractivity contribution < 1.29 is 22.6 Å². The number of aromatic nitrogens is 2. The first-order valence-corrected chi connectivity index (χ1v) is 9.86. The van der Waals surface area contributed by atoms with Crippen LogP contribution in [0.5, 0.6) is 11.5 Å². The molecule has 0 unspecified atom stereocenters. The van der Waals surface area contributed by atoms with E-state index in [2.05, 4.69) is 21.6 Å². The molecule has 1 aromatic heterocycles. The molecule has 4 nitrogen and oxygen atoms in total. The maximum absolute atomic E-state index is 12.3. The zero-order valence-electron chi connectivity index (χ0n) is 16.7. The van der Waals surface area contributed by atoms with Crippen LogP contribution in [0.25, 0.3) is 22.5 Å². The summed E-state index contributed by atoms with van der Waals surface area (Å²) in [5, 5.41) is 0. The number of hydrogen-bond donors (Lipinski definition) is 0. The monoisotopic (exact) mass is 416 g/mol. The lowest BCUT2D eigenvalue weighted by Crippen LogP contribution is -2.16. The smallest absolute Gasteiger partial charge is 0.490 e. The van der Waals surface area contributed by atoms with Gasteiger partial charge in [-0.05, 0) is 29.7 Å². The van der Waals surface area contributed by atoms with Gasteiger partial charge in [0, 0.05) is 5.56 Å². The first-order valence-electron chi connectivity index (χ1n) is 9.86. The van der Waals surface area contributed by atoms with Crippen LogP contribution in [0, 0.1) is 0 Å². The highest BCUT2D eigenvalue weighted by Gasteiger charge is 2.30. The van der Waals surface area contributed by atoms with Gasteiger partial charge in [0.25, 0.3) is 0 Å². The minimum absolute atomic E-state index is 0.246. The van der Waals surface area contributed by atoms with Crippen molar-refractivity contribution in [3.63, 3.8) is 0 Å². The first kappa shape index (κ1) is 21.6. The maximum Gasteiger partial charge on any atom is 0.573 e. The molecule has 0 aliphatic carbocycles. The van der Waals surface area contributed by atoms with E-state index in [1.165, 1.54) is 25.0 Å². The zero-order valence-corrected chi connectivity index (χ0v) is 16.7. The largest absolute Gasteiger partial charge is 0.573 e. The second-order valence-corrected chi connectivity index (χ2v) is 6.80. The Balaban J connectivity index is 1.60. The molecule has 0 amide bonds. The molecule has 2 aromatic carbocycles.